The monoisotopic (exact) mass is 193 g/mol. The van der Waals surface area contributed by atoms with E-state index in [4.69, 9.17) is 4.74 Å². The molecule has 0 aromatic heterocycles. The van der Waals surface area contributed by atoms with Gasteiger partial charge in [-0.2, -0.15) is 0 Å². The van der Waals surface area contributed by atoms with Crippen LogP contribution in [0, 0.1) is 0 Å². The van der Waals surface area contributed by atoms with Gasteiger partial charge in [0.1, 0.15) is 0 Å². The van der Waals surface area contributed by atoms with E-state index in [0.29, 0.717) is 6.04 Å². The number of ether oxygens (including phenoxy) is 1. The second-order valence-corrected chi connectivity index (χ2v) is 3.36. The molecule has 0 aromatic carbocycles. The molecular formula is C8H16ClNO2. The maximum Gasteiger partial charge on any atom is 0.0696 e. The van der Waals surface area contributed by atoms with E-state index in [1.54, 1.807) is 0 Å². The lowest BCUT2D eigenvalue weighted by atomic mass is 9.87. The van der Waals surface area contributed by atoms with Gasteiger partial charge in [0.15, 0.2) is 0 Å². The highest BCUT2D eigenvalue weighted by molar-refractivity contribution is 5.85. The van der Waals surface area contributed by atoms with Crippen LogP contribution in [0.2, 0.25) is 0 Å². The van der Waals surface area contributed by atoms with Gasteiger partial charge in [-0.1, -0.05) is 0 Å². The topological polar surface area (TPSA) is 32.7 Å². The van der Waals surface area contributed by atoms with Crippen molar-refractivity contribution < 1.29 is 9.84 Å². The SMILES string of the molecule is Cl.OC1CCC1N1CCOCC1. The van der Waals surface area contributed by atoms with Crippen LogP contribution < -0.4 is 0 Å². The van der Waals surface area contributed by atoms with Gasteiger partial charge in [-0.3, -0.25) is 4.90 Å². The van der Waals surface area contributed by atoms with E-state index in [9.17, 15) is 5.11 Å². The van der Waals surface area contributed by atoms with Crippen LogP contribution in [0.3, 0.4) is 0 Å². The number of hydrogen-bond donors (Lipinski definition) is 1. The summed E-state index contributed by atoms with van der Waals surface area (Å²) >= 11 is 0. The summed E-state index contributed by atoms with van der Waals surface area (Å²) in [7, 11) is 0. The smallest absolute Gasteiger partial charge is 0.0696 e. The molecule has 2 aliphatic rings. The number of aliphatic hydroxyl groups is 1. The molecule has 0 amide bonds. The molecule has 2 unspecified atom stereocenters. The predicted molar refractivity (Wildman–Crippen MR) is 48.7 cm³/mol. The van der Waals surface area contributed by atoms with Crippen molar-refractivity contribution in [2.45, 2.75) is 25.0 Å². The van der Waals surface area contributed by atoms with Crippen LogP contribution in [0.15, 0.2) is 0 Å². The summed E-state index contributed by atoms with van der Waals surface area (Å²) in [5.41, 5.74) is 0. The average molecular weight is 194 g/mol. The molecule has 2 rings (SSSR count). The highest BCUT2D eigenvalue weighted by Gasteiger charge is 2.34. The molecule has 2 atom stereocenters. The van der Waals surface area contributed by atoms with Gasteiger partial charge in [-0.05, 0) is 12.8 Å². The minimum Gasteiger partial charge on any atom is -0.391 e. The maximum atomic E-state index is 9.38. The maximum absolute atomic E-state index is 9.38. The Morgan fingerprint density at radius 2 is 1.83 bits per heavy atom. The van der Waals surface area contributed by atoms with Crippen LogP contribution in [0.4, 0.5) is 0 Å². The third kappa shape index (κ3) is 1.91. The van der Waals surface area contributed by atoms with Gasteiger partial charge in [-0.25, -0.2) is 0 Å². The summed E-state index contributed by atoms with van der Waals surface area (Å²) in [6.45, 7) is 3.68. The number of hydrogen-bond acceptors (Lipinski definition) is 3. The Balaban J connectivity index is 0.000000720. The molecule has 0 aromatic rings. The summed E-state index contributed by atoms with van der Waals surface area (Å²) in [5, 5.41) is 9.38. The zero-order valence-corrected chi connectivity index (χ0v) is 7.92. The van der Waals surface area contributed by atoms with Crippen LogP contribution >= 0.6 is 12.4 Å². The van der Waals surface area contributed by atoms with E-state index in [-0.39, 0.29) is 18.5 Å². The van der Waals surface area contributed by atoms with Gasteiger partial charge >= 0.3 is 0 Å². The molecule has 0 radical (unpaired) electrons. The molecule has 2 fully saturated rings. The first-order valence-electron chi connectivity index (χ1n) is 4.38. The van der Waals surface area contributed by atoms with E-state index in [1.165, 1.54) is 6.42 Å². The fourth-order valence-corrected chi connectivity index (χ4v) is 1.80. The lowest BCUT2D eigenvalue weighted by Crippen LogP contribution is -2.54. The van der Waals surface area contributed by atoms with Crippen molar-refractivity contribution in [3.63, 3.8) is 0 Å². The van der Waals surface area contributed by atoms with E-state index in [2.05, 4.69) is 4.90 Å². The molecule has 1 N–H and O–H groups in total. The molecule has 4 heteroatoms. The molecule has 1 aliphatic carbocycles. The third-order valence-corrected chi connectivity index (χ3v) is 2.72. The van der Waals surface area contributed by atoms with Crippen LogP contribution in [0.1, 0.15) is 12.8 Å². The van der Waals surface area contributed by atoms with Gasteiger partial charge in [0, 0.05) is 19.1 Å². The van der Waals surface area contributed by atoms with Gasteiger partial charge in [0.05, 0.1) is 19.3 Å². The van der Waals surface area contributed by atoms with Crippen molar-refractivity contribution >= 4 is 12.4 Å². The van der Waals surface area contributed by atoms with Crippen LogP contribution in [-0.4, -0.2) is 48.5 Å². The van der Waals surface area contributed by atoms with Crippen molar-refractivity contribution in [3.05, 3.63) is 0 Å². The zero-order chi connectivity index (χ0) is 7.68. The minimum atomic E-state index is -0.0619. The minimum absolute atomic E-state index is 0. The van der Waals surface area contributed by atoms with Crippen LogP contribution in [0.25, 0.3) is 0 Å². The van der Waals surface area contributed by atoms with E-state index >= 15 is 0 Å². The van der Waals surface area contributed by atoms with E-state index in [0.717, 1.165) is 32.7 Å². The molecule has 3 nitrogen and oxygen atoms in total. The van der Waals surface area contributed by atoms with Gasteiger partial charge < -0.3 is 9.84 Å². The standard InChI is InChI=1S/C8H15NO2.ClH/c10-8-2-1-7(8)9-3-5-11-6-4-9;/h7-8,10H,1-6H2;1H. The van der Waals surface area contributed by atoms with Crippen molar-refractivity contribution in [2.24, 2.45) is 0 Å². The largest absolute Gasteiger partial charge is 0.391 e. The summed E-state index contributed by atoms with van der Waals surface area (Å²) in [4.78, 5) is 2.34. The van der Waals surface area contributed by atoms with Gasteiger partial charge in [0.2, 0.25) is 0 Å². The molecule has 72 valence electrons. The molecule has 1 heterocycles. The first kappa shape index (κ1) is 10.3. The van der Waals surface area contributed by atoms with Gasteiger partial charge in [0.25, 0.3) is 0 Å². The Labute approximate surface area is 79.1 Å². The fourth-order valence-electron chi connectivity index (χ4n) is 1.80. The number of halogens is 1. The lowest BCUT2D eigenvalue weighted by molar-refractivity contribution is -0.0626. The average Bonchev–Trinajstić information content (AvgIpc) is 2.04. The van der Waals surface area contributed by atoms with Crippen molar-refractivity contribution in [2.75, 3.05) is 26.3 Å². The molecule has 1 aliphatic heterocycles. The first-order valence-corrected chi connectivity index (χ1v) is 4.38. The number of rotatable bonds is 1. The number of nitrogens with zero attached hydrogens (tertiary/aromatic N) is 1. The van der Waals surface area contributed by atoms with Crippen LogP contribution in [0.5, 0.6) is 0 Å². The quantitative estimate of drug-likeness (QED) is 0.649. The summed E-state index contributed by atoms with van der Waals surface area (Å²) < 4.78 is 5.23. The Morgan fingerprint density at radius 1 is 1.17 bits per heavy atom. The molecule has 12 heavy (non-hydrogen) atoms. The lowest BCUT2D eigenvalue weighted by Gasteiger charge is -2.43. The Bertz CT molecular complexity index is 139. The molecule has 1 saturated heterocycles. The third-order valence-electron chi connectivity index (χ3n) is 2.72. The predicted octanol–water partition coefficient (Wildman–Crippen LogP) is 0.264. The summed E-state index contributed by atoms with van der Waals surface area (Å²) in [5.74, 6) is 0. The van der Waals surface area contributed by atoms with Crippen molar-refractivity contribution in [1.82, 2.24) is 4.90 Å². The normalized spacial score (nSPS) is 36.8. The summed E-state index contributed by atoms with van der Waals surface area (Å²) in [6, 6.07) is 0.443. The van der Waals surface area contributed by atoms with Crippen molar-refractivity contribution in [1.29, 1.82) is 0 Å². The van der Waals surface area contributed by atoms with Crippen LogP contribution in [-0.2, 0) is 4.74 Å². The number of morpholine rings is 1. The Kier molecular flexibility index (Phi) is 3.77. The summed E-state index contributed by atoms with van der Waals surface area (Å²) in [6.07, 6.45) is 2.09. The fraction of sp³-hybridized carbons (Fsp3) is 1.00. The molecule has 0 spiro atoms. The molecule has 1 saturated carbocycles. The highest BCUT2D eigenvalue weighted by atomic mass is 35.5. The number of aliphatic hydroxyl groups excluding tert-OH is 1. The first-order chi connectivity index (χ1) is 5.38. The second kappa shape index (κ2) is 4.42. The van der Waals surface area contributed by atoms with Gasteiger partial charge in [-0.15, -0.1) is 12.4 Å². The molecular weight excluding hydrogens is 178 g/mol. The Hall–Kier alpha value is 0.170. The van der Waals surface area contributed by atoms with E-state index in [1.807, 2.05) is 0 Å². The zero-order valence-electron chi connectivity index (χ0n) is 7.11. The van der Waals surface area contributed by atoms with Crippen molar-refractivity contribution in [3.8, 4) is 0 Å². The highest BCUT2D eigenvalue weighted by Crippen LogP contribution is 2.25. The molecule has 0 bridgehead atoms. The van der Waals surface area contributed by atoms with E-state index < -0.39 is 0 Å². The second-order valence-electron chi connectivity index (χ2n) is 3.36. The Morgan fingerprint density at radius 3 is 2.25 bits per heavy atom.